The lowest BCUT2D eigenvalue weighted by Gasteiger charge is -2.01. The molecule has 0 atom stereocenters. The molecule has 19 heavy (non-hydrogen) atoms. The largest absolute Gasteiger partial charge is 0.813 e. The molecule has 3 N–H and O–H groups in total. The van der Waals surface area contributed by atoms with Gasteiger partial charge in [0.25, 0.3) is 0 Å². The lowest BCUT2D eigenvalue weighted by Crippen LogP contribution is -2.35. The minimum absolute atomic E-state index is 0. The third-order valence-electron chi connectivity index (χ3n) is 2.85. The first kappa shape index (κ1) is 15.9. The van der Waals surface area contributed by atoms with Crippen molar-refractivity contribution in [2.24, 2.45) is 0 Å². The molecule has 2 rings (SSSR count). The molecular weight excluding hydrogens is 280 g/mol. The van der Waals surface area contributed by atoms with Crippen molar-refractivity contribution in [3.8, 4) is 0 Å². The van der Waals surface area contributed by atoms with Gasteiger partial charge in [-0.25, -0.2) is 9.97 Å². The van der Waals surface area contributed by atoms with Gasteiger partial charge in [0, 0.05) is 26.1 Å². The number of aliphatic hydroxyl groups is 1. The summed E-state index contributed by atoms with van der Waals surface area (Å²) >= 11 is 1.65. The van der Waals surface area contributed by atoms with Gasteiger partial charge in [0.1, 0.15) is 11.6 Å². The fraction of sp³-hybridized carbons (Fsp3) is 0.417. The van der Waals surface area contributed by atoms with E-state index in [2.05, 4.69) is 14.5 Å². The monoisotopic (exact) mass is 298 g/mol. The fourth-order valence-corrected chi connectivity index (χ4v) is 2.75. The molecule has 0 bridgehead atoms. The molecule has 0 aromatic carbocycles. The summed E-state index contributed by atoms with van der Waals surface area (Å²) in [6.45, 7) is 4.71. The normalized spacial score (nSPS) is 10.3. The van der Waals surface area contributed by atoms with Crippen LogP contribution in [0.1, 0.15) is 22.0 Å². The number of rotatable bonds is 4. The molecule has 0 saturated heterocycles. The SMILES string of the molecule is Cc1ncc(C[n+]2csc(CCO)c2C)c(N)n1.[SH-]. The highest BCUT2D eigenvalue weighted by Gasteiger charge is 2.16. The molecule has 104 valence electrons. The molecule has 0 amide bonds. The summed E-state index contributed by atoms with van der Waals surface area (Å²) in [5.74, 6) is 1.22. The van der Waals surface area contributed by atoms with E-state index in [1.807, 2.05) is 19.4 Å². The van der Waals surface area contributed by atoms with Crippen molar-refractivity contribution >= 4 is 30.7 Å². The summed E-state index contributed by atoms with van der Waals surface area (Å²) in [4.78, 5) is 9.53. The second-order valence-corrected chi connectivity index (χ2v) is 5.10. The molecule has 0 fully saturated rings. The Bertz CT molecular complexity index is 557. The van der Waals surface area contributed by atoms with Crippen LogP contribution in [0, 0.1) is 13.8 Å². The van der Waals surface area contributed by atoms with E-state index in [1.54, 1.807) is 17.5 Å². The minimum atomic E-state index is 0. The molecule has 0 aliphatic heterocycles. The summed E-state index contributed by atoms with van der Waals surface area (Å²) < 4.78 is 2.11. The first-order valence-corrected chi connectivity index (χ1v) is 6.65. The number of thiol groups is 1. The van der Waals surface area contributed by atoms with E-state index < -0.39 is 0 Å². The van der Waals surface area contributed by atoms with Crippen LogP contribution in [0.15, 0.2) is 11.7 Å². The van der Waals surface area contributed by atoms with E-state index in [4.69, 9.17) is 10.8 Å². The number of nitrogens with zero attached hydrogens (tertiary/aromatic N) is 3. The topological polar surface area (TPSA) is 75.9 Å². The zero-order valence-electron chi connectivity index (χ0n) is 11.0. The standard InChI is InChI=1S/C12H17N4OS.H2S/c1-8-11(3-4-17)18-7-16(8)6-10-5-14-9(2)15-12(10)13;/h5,7,17H,3-4,6H2,1-2H3,(H2,13,14,15);1H2/q+1;/p-1. The predicted octanol–water partition coefficient (Wildman–Crippen LogP) is 0.338. The minimum Gasteiger partial charge on any atom is -0.813 e. The van der Waals surface area contributed by atoms with E-state index in [1.165, 1.54) is 4.88 Å². The Hall–Kier alpha value is -1.18. The maximum absolute atomic E-state index is 8.98. The highest BCUT2D eigenvalue weighted by atomic mass is 32.1. The number of hydrogen-bond acceptors (Lipinski definition) is 6. The van der Waals surface area contributed by atoms with Crippen LogP contribution in [-0.4, -0.2) is 21.7 Å². The van der Waals surface area contributed by atoms with Crippen molar-refractivity contribution in [3.63, 3.8) is 0 Å². The number of nitrogens with two attached hydrogens (primary N) is 1. The van der Waals surface area contributed by atoms with Crippen LogP contribution >= 0.6 is 11.3 Å². The van der Waals surface area contributed by atoms with Gasteiger partial charge in [-0.2, -0.15) is 4.57 Å². The Kier molecular flexibility index (Phi) is 5.71. The summed E-state index contributed by atoms with van der Waals surface area (Å²) in [5, 5.41) is 8.98. The fourth-order valence-electron chi connectivity index (χ4n) is 1.77. The molecule has 0 aliphatic rings. The van der Waals surface area contributed by atoms with Crippen molar-refractivity contribution in [3.05, 3.63) is 33.7 Å². The van der Waals surface area contributed by atoms with Gasteiger partial charge >= 0.3 is 0 Å². The highest BCUT2D eigenvalue weighted by molar-refractivity contribution is 7.37. The van der Waals surface area contributed by atoms with Crippen LogP contribution in [0.3, 0.4) is 0 Å². The van der Waals surface area contributed by atoms with Gasteiger partial charge in [-0.15, -0.1) is 0 Å². The van der Waals surface area contributed by atoms with E-state index in [0.717, 1.165) is 11.3 Å². The Balaban J connectivity index is 0.00000180. The van der Waals surface area contributed by atoms with Crippen LogP contribution in [0.25, 0.3) is 0 Å². The van der Waals surface area contributed by atoms with E-state index in [9.17, 15) is 0 Å². The maximum Gasteiger partial charge on any atom is 0.225 e. The molecule has 7 heteroatoms. The molecule has 0 radical (unpaired) electrons. The Morgan fingerprint density at radius 1 is 1.42 bits per heavy atom. The third kappa shape index (κ3) is 3.65. The average molecular weight is 298 g/mol. The highest BCUT2D eigenvalue weighted by Crippen LogP contribution is 2.13. The zero-order valence-corrected chi connectivity index (χ0v) is 12.7. The number of aliphatic hydroxyl groups excluding tert-OH is 1. The van der Waals surface area contributed by atoms with Gasteiger partial charge in [0.2, 0.25) is 5.51 Å². The van der Waals surface area contributed by atoms with E-state index in [0.29, 0.717) is 24.6 Å². The number of anilines is 1. The number of hydrogen-bond donors (Lipinski definition) is 2. The van der Waals surface area contributed by atoms with Gasteiger partial charge in [-0.05, 0) is 6.92 Å². The van der Waals surface area contributed by atoms with Gasteiger partial charge in [-0.1, -0.05) is 11.3 Å². The first-order valence-electron chi connectivity index (χ1n) is 5.77. The summed E-state index contributed by atoms with van der Waals surface area (Å²) in [6.07, 6.45) is 2.47. The second-order valence-electron chi connectivity index (χ2n) is 4.16. The third-order valence-corrected chi connectivity index (χ3v) is 4.00. The molecule has 0 saturated carbocycles. The molecule has 0 unspecified atom stereocenters. The van der Waals surface area contributed by atoms with Crippen molar-refractivity contribution in [1.29, 1.82) is 0 Å². The van der Waals surface area contributed by atoms with Crippen LogP contribution < -0.4 is 10.3 Å². The Morgan fingerprint density at radius 2 is 2.16 bits per heavy atom. The maximum atomic E-state index is 8.98. The van der Waals surface area contributed by atoms with Crippen LogP contribution in [-0.2, 0) is 26.5 Å². The van der Waals surface area contributed by atoms with Gasteiger partial charge < -0.3 is 24.3 Å². The molecule has 2 aromatic rings. The predicted molar refractivity (Wildman–Crippen MR) is 79.1 cm³/mol. The van der Waals surface area contributed by atoms with Crippen LogP contribution in [0.4, 0.5) is 5.82 Å². The molecule has 0 aliphatic carbocycles. The summed E-state index contributed by atoms with van der Waals surface area (Å²) in [7, 11) is 0. The van der Waals surface area contributed by atoms with Crippen molar-refractivity contribution < 1.29 is 9.67 Å². The number of thiazole rings is 1. The smallest absolute Gasteiger partial charge is 0.225 e. The molecule has 2 heterocycles. The quantitative estimate of drug-likeness (QED) is 0.483. The van der Waals surface area contributed by atoms with Crippen molar-refractivity contribution in [2.75, 3.05) is 12.3 Å². The molecule has 0 spiro atoms. The summed E-state index contributed by atoms with van der Waals surface area (Å²) in [6, 6.07) is 0. The van der Waals surface area contributed by atoms with Crippen molar-refractivity contribution in [1.82, 2.24) is 9.97 Å². The lowest BCUT2D eigenvalue weighted by molar-refractivity contribution is -0.689. The number of nitrogen functional groups attached to an aromatic ring is 1. The van der Waals surface area contributed by atoms with Crippen LogP contribution in [0.5, 0.6) is 0 Å². The van der Waals surface area contributed by atoms with Gasteiger partial charge in [0.05, 0.1) is 10.4 Å². The van der Waals surface area contributed by atoms with E-state index >= 15 is 0 Å². The van der Waals surface area contributed by atoms with Gasteiger partial charge in [0.15, 0.2) is 12.2 Å². The number of aryl methyl sites for hydroxylation is 1. The second kappa shape index (κ2) is 6.83. The molecule has 2 aromatic heterocycles. The lowest BCUT2D eigenvalue weighted by atomic mass is 10.2. The zero-order chi connectivity index (χ0) is 13.1. The average Bonchev–Trinajstić information content (AvgIpc) is 2.66. The van der Waals surface area contributed by atoms with E-state index in [-0.39, 0.29) is 20.1 Å². The first-order chi connectivity index (χ1) is 8.61. The Labute approximate surface area is 123 Å². The molecule has 5 nitrogen and oxygen atoms in total. The molecular formula is C12H18N4OS2. The number of aromatic nitrogens is 3. The van der Waals surface area contributed by atoms with Crippen LogP contribution in [0.2, 0.25) is 0 Å². The summed E-state index contributed by atoms with van der Waals surface area (Å²) in [5.41, 5.74) is 10.0. The van der Waals surface area contributed by atoms with Gasteiger partial charge in [-0.3, -0.25) is 0 Å². The van der Waals surface area contributed by atoms with Crippen molar-refractivity contribution in [2.45, 2.75) is 26.8 Å². The Morgan fingerprint density at radius 3 is 2.79 bits per heavy atom.